The average Bonchev–Trinajstić information content (AvgIpc) is 2.62. The van der Waals surface area contributed by atoms with Crippen molar-refractivity contribution in [2.75, 3.05) is 0 Å². The summed E-state index contributed by atoms with van der Waals surface area (Å²) >= 11 is 0. The van der Waals surface area contributed by atoms with Crippen LogP contribution in [0.1, 0.15) is 41.3 Å². The Morgan fingerprint density at radius 3 is 2.32 bits per heavy atom. The number of rotatable bonds is 1. The van der Waals surface area contributed by atoms with Crippen LogP contribution < -0.4 is 0 Å². The quantitative estimate of drug-likeness (QED) is 0.584. The molecule has 0 heterocycles. The lowest BCUT2D eigenvalue weighted by atomic mass is 9.79. The fourth-order valence-electron chi connectivity index (χ4n) is 3.60. The minimum atomic E-state index is -0.352. The second kappa shape index (κ2) is 5.30. The van der Waals surface area contributed by atoms with Crippen LogP contribution >= 0.6 is 0 Å². The minimum Gasteiger partial charge on any atom is -0.288 e. The molecule has 25 heavy (non-hydrogen) atoms. The molecule has 0 fully saturated rings. The van der Waals surface area contributed by atoms with Crippen LogP contribution in [0.5, 0.6) is 0 Å². The summed E-state index contributed by atoms with van der Waals surface area (Å²) in [6, 6.07) is 17.9. The summed E-state index contributed by atoms with van der Waals surface area (Å²) in [7, 11) is 0. The summed E-state index contributed by atoms with van der Waals surface area (Å²) in [5.41, 5.74) is 2.40. The van der Waals surface area contributed by atoms with Crippen molar-refractivity contribution >= 4 is 32.9 Å². The van der Waals surface area contributed by atoms with Gasteiger partial charge < -0.3 is 0 Å². The van der Waals surface area contributed by atoms with Crippen molar-refractivity contribution in [1.82, 2.24) is 0 Å². The van der Waals surface area contributed by atoms with E-state index < -0.39 is 0 Å². The number of carbonyl (C=O) groups is 1. The highest BCUT2D eigenvalue weighted by molar-refractivity contribution is 6.31. The van der Waals surface area contributed by atoms with E-state index in [1.807, 2.05) is 36.4 Å². The molecule has 0 aromatic heterocycles. The van der Waals surface area contributed by atoms with Gasteiger partial charge in [0.05, 0.1) is 5.57 Å². The number of nitrogens with zero attached hydrogens (tertiary/aromatic N) is 2. The van der Waals surface area contributed by atoms with E-state index in [4.69, 9.17) is 0 Å². The fraction of sp³-hybridized carbons (Fsp3) is 0.136. The zero-order valence-corrected chi connectivity index (χ0v) is 13.9. The van der Waals surface area contributed by atoms with Gasteiger partial charge in [-0.15, -0.1) is 0 Å². The lowest BCUT2D eigenvalue weighted by molar-refractivity contribution is 0.104. The molecule has 0 radical (unpaired) electrons. The number of nitriles is 2. The first kappa shape index (κ1) is 15.1. The molecule has 0 saturated carbocycles. The fourth-order valence-corrected chi connectivity index (χ4v) is 3.60. The van der Waals surface area contributed by atoms with Crippen LogP contribution in [0.15, 0.2) is 48.0 Å². The first-order chi connectivity index (χ1) is 12.1. The van der Waals surface area contributed by atoms with Gasteiger partial charge in [-0.3, -0.25) is 4.79 Å². The molecule has 3 nitrogen and oxygen atoms in total. The molecule has 3 heteroatoms. The van der Waals surface area contributed by atoms with Crippen molar-refractivity contribution in [3.8, 4) is 12.1 Å². The van der Waals surface area contributed by atoms with Crippen LogP contribution in [0.25, 0.3) is 27.1 Å². The zero-order valence-electron chi connectivity index (χ0n) is 13.9. The van der Waals surface area contributed by atoms with Crippen molar-refractivity contribution in [3.05, 3.63) is 64.7 Å². The summed E-state index contributed by atoms with van der Waals surface area (Å²) in [5.74, 6) is -0.0930. The molecule has 118 valence electrons. The van der Waals surface area contributed by atoms with Gasteiger partial charge in [0.2, 0.25) is 5.78 Å². The van der Waals surface area contributed by atoms with E-state index in [-0.39, 0.29) is 22.8 Å². The molecule has 0 saturated heterocycles. The van der Waals surface area contributed by atoms with Gasteiger partial charge in [0, 0.05) is 16.5 Å². The maximum absolute atomic E-state index is 12.9. The lowest BCUT2D eigenvalue weighted by Crippen LogP contribution is -2.12. The monoisotopic (exact) mass is 322 g/mol. The Morgan fingerprint density at radius 1 is 0.920 bits per heavy atom. The van der Waals surface area contributed by atoms with E-state index >= 15 is 0 Å². The second-order valence-electron chi connectivity index (χ2n) is 6.60. The molecule has 0 N–H and O–H groups in total. The van der Waals surface area contributed by atoms with Crippen molar-refractivity contribution in [2.24, 2.45) is 0 Å². The number of allylic oxidation sites excluding steroid dienone is 2. The third kappa shape index (κ3) is 2.00. The molecular weight excluding hydrogens is 308 g/mol. The van der Waals surface area contributed by atoms with E-state index in [0.29, 0.717) is 11.1 Å². The maximum atomic E-state index is 12.9. The Labute approximate surface area is 145 Å². The van der Waals surface area contributed by atoms with E-state index in [0.717, 1.165) is 27.1 Å². The van der Waals surface area contributed by atoms with Crippen molar-refractivity contribution in [2.45, 2.75) is 19.8 Å². The molecule has 1 aliphatic carbocycles. The van der Waals surface area contributed by atoms with Crippen molar-refractivity contribution < 1.29 is 4.79 Å². The molecule has 0 atom stereocenters. The first-order valence-corrected chi connectivity index (χ1v) is 8.15. The van der Waals surface area contributed by atoms with Gasteiger partial charge >= 0.3 is 0 Å². The summed E-state index contributed by atoms with van der Waals surface area (Å²) in [4.78, 5) is 12.9. The number of ketones is 1. The Bertz CT molecular complexity index is 1200. The summed E-state index contributed by atoms with van der Waals surface area (Å²) in [6.45, 7) is 4.15. The number of hydrogen-bond donors (Lipinski definition) is 0. The highest BCUT2D eigenvalue weighted by Gasteiger charge is 2.30. The molecule has 0 unspecified atom stereocenters. The number of hydrogen-bond acceptors (Lipinski definition) is 3. The SMILES string of the molecule is CC(C)c1cc2c3c(c4ccccc4cc3c1)C(C#N)=C(C#N)C2=O. The van der Waals surface area contributed by atoms with Gasteiger partial charge in [-0.25, -0.2) is 0 Å². The van der Waals surface area contributed by atoms with Crippen LogP contribution in [-0.4, -0.2) is 5.78 Å². The van der Waals surface area contributed by atoms with E-state index in [2.05, 4.69) is 32.0 Å². The summed E-state index contributed by atoms with van der Waals surface area (Å²) in [6.07, 6.45) is 0. The molecule has 0 amide bonds. The zero-order chi connectivity index (χ0) is 17.7. The molecule has 1 aliphatic rings. The first-order valence-electron chi connectivity index (χ1n) is 8.15. The van der Waals surface area contributed by atoms with Crippen LogP contribution in [-0.2, 0) is 0 Å². The molecular formula is C22H14N2O. The van der Waals surface area contributed by atoms with Gasteiger partial charge in [0.15, 0.2) is 0 Å². The largest absolute Gasteiger partial charge is 0.288 e. The molecule has 0 aliphatic heterocycles. The molecule has 3 aromatic carbocycles. The molecule has 0 bridgehead atoms. The number of benzene rings is 3. The molecule has 3 aromatic rings. The van der Waals surface area contributed by atoms with Gasteiger partial charge in [-0.1, -0.05) is 44.2 Å². The van der Waals surface area contributed by atoms with Gasteiger partial charge in [0.1, 0.15) is 17.7 Å². The number of Topliss-reactive ketones (excluding diaryl/α,β-unsaturated/α-hetero) is 1. The minimum absolute atomic E-state index is 0.0615. The Kier molecular flexibility index (Phi) is 3.20. The highest BCUT2D eigenvalue weighted by atomic mass is 16.1. The van der Waals surface area contributed by atoms with E-state index in [1.165, 1.54) is 0 Å². The maximum Gasteiger partial charge on any atom is 0.205 e. The number of carbonyl (C=O) groups excluding carboxylic acids is 1. The predicted octanol–water partition coefficient (Wildman–Crippen LogP) is 5.11. The van der Waals surface area contributed by atoms with Crippen LogP contribution in [0.2, 0.25) is 0 Å². The summed E-state index contributed by atoms with van der Waals surface area (Å²) < 4.78 is 0. The van der Waals surface area contributed by atoms with Crippen molar-refractivity contribution in [1.29, 1.82) is 10.5 Å². The van der Waals surface area contributed by atoms with E-state index in [9.17, 15) is 15.3 Å². The van der Waals surface area contributed by atoms with Gasteiger partial charge in [-0.05, 0) is 39.8 Å². The van der Waals surface area contributed by atoms with E-state index in [1.54, 1.807) is 0 Å². The lowest BCUT2D eigenvalue weighted by Gasteiger charge is -2.21. The topological polar surface area (TPSA) is 64.7 Å². The second-order valence-corrected chi connectivity index (χ2v) is 6.60. The van der Waals surface area contributed by atoms with Crippen LogP contribution in [0, 0.1) is 22.7 Å². The molecule has 4 rings (SSSR count). The van der Waals surface area contributed by atoms with Gasteiger partial charge in [0.25, 0.3) is 0 Å². The highest BCUT2D eigenvalue weighted by Crippen LogP contribution is 2.42. The predicted molar refractivity (Wildman–Crippen MR) is 98.0 cm³/mol. The Morgan fingerprint density at radius 2 is 1.64 bits per heavy atom. The third-order valence-electron chi connectivity index (χ3n) is 4.84. The third-order valence-corrected chi connectivity index (χ3v) is 4.84. The smallest absolute Gasteiger partial charge is 0.205 e. The van der Waals surface area contributed by atoms with Crippen molar-refractivity contribution in [3.63, 3.8) is 0 Å². The standard InChI is InChI=1S/C22H14N2O/c1-12(2)14-8-15-7-13-5-3-4-6-16(13)21-18(10-23)19(11-24)22(25)17(9-14)20(15)21/h3-9,12H,1-2H3. The van der Waals surface area contributed by atoms with Crippen LogP contribution in [0.3, 0.4) is 0 Å². The molecule has 0 spiro atoms. The average molecular weight is 322 g/mol. The van der Waals surface area contributed by atoms with Crippen LogP contribution in [0.4, 0.5) is 0 Å². The van der Waals surface area contributed by atoms with Gasteiger partial charge in [-0.2, -0.15) is 10.5 Å². The normalized spacial score (nSPS) is 13.4. The Hall–Kier alpha value is -3.43. The Balaban J connectivity index is 2.32. The number of fused-ring (bicyclic) bond motifs is 2. The summed E-state index contributed by atoms with van der Waals surface area (Å²) in [5, 5.41) is 22.8.